The third-order valence-corrected chi connectivity index (χ3v) is 3.58. The molecule has 2 rings (SSSR count). The predicted octanol–water partition coefficient (Wildman–Crippen LogP) is 1.90. The normalized spacial score (nSPS) is 9.86. The number of rotatable bonds is 5. The maximum atomic E-state index is 11.9. The summed E-state index contributed by atoms with van der Waals surface area (Å²) in [5.74, 6) is -1.27. The summed E-state index contributed by atoms with van der Waals surface area (Å²) in [6.07, 6.45) is 0. The molecule has 0 aliphatic heterocycles. The smallest absolute Gasteiger partial charge is 0.338 e. The van der Waals surface area contributed by atoms with Crippen LogP contribution < -0.4 is 10.6 Å². The number of benzene rings is 1. The van der Waals surface area contributed by atoms with Gasteiger partial charge >= 0.3 is 5.97 Å². The minimum absolute atomic E-state index is 0.245. The number of amides is 2. The molecule has 22 heavy (non-hydrogen) atoms. The van der Waals surface area contributed by atoms with E-state index in [0.29, 0.717) is 10.6 Å². The fraction of sp³-hybridized carbons (Fsp3) is 0.133. The Bertz CT molecular complexity index is 683. The molecule has 7 heteroatoms. The number of ether oxygens (including phenoxy) is 1. The summed E-state index contributed by atoms with van der Waals surface area (Å²) in [4.78, 5) is 35.4. The van der Waals surface area contributed by atoms with Gasteiger partial charge in [-0.2, -0.15) is 0 Å². The lowest BCUT2D eigenvalue weighted by molar-refractivity contribution is -0.123. The third-order valence-electron chi connectivity index (χ3n) is 2.71. The van der Waals surface area contributed by atoms with Gasteiger partial charge in [-0.05, 0) is 29.6 Å². The molecule has 0 atom stereocenters. The summed E-state index contributed by atoms with van der Waals surface area (Å²) in [5, 5.41) is 6.86. The minimum Gasteiger partial charge on any atom is -0.452 e. The van der Waals surface area contributed by atoms with Gasteiger partial charge in [0.25, 0.3) is 11.8 Å². The van der Waals surface area contributed by atoms with Gasteiger partial charge in [0.2, 0.25) is 0 Å². The zero-order valence-corrected chi connectivity index (χ0v) is 12.6. The van der Waals surface area contributed by atoms with Crippen molar-refractivity contribution < 1.29 is 19.1 Å². The van der Waals surface area contributed by atoms with Crippen molar-refractivity contribution in [2.24, 2.45) is 0 Å². The molecule has 2 aromatic rings. The van der Waals surface area contributed by atoms with E-state index in [9.17, 15) is 14.4 Å². The lowest BCUT2D eigenvalue weighted by atomic mass is 10.2. The van der Waals surface area contributed by atoms with Gasteiger partial charge in [-0.15, -0.1) is 11.3 Å². The van der Waals surface area contributed by atoms with Crippen molar-refractivity contribution in [3.63, 3.8) is 0 Å². The Kier molecular flexibility index (Phi) is 5.26. The Hall–Kier alpha value is -2.67. The van der Waals surface area contributed by atoms with E-state index < -0.39 is 11.9 Å². The zero-order valence-electron chi connectivity index (χ0n) is 11.8. The Morgan fingerprint density at radius 2 is 2.00 bits per heavy atom. The first kappa shape index (κ1) is 15.7. The lowest BCUT2D eigenvalue weighted by Gasteiger charge is -2.07. The number of thiophene rings is 1. The molecule has 1 heterocycles. The second kappa shape index (κ2) is 7.37. The quantitative estimate of drug-likeness (QED) is 0.825. The first-order valence-corrected chi connectivity index (χ1v) is 7.30. The summed E-state index contributed by atoms with van der Waals surface area (Å²) >= 11 is 1.33. The molecule has 0 saturated heterocycles. The summed E-state index contributed by atoms with van der Waals surface area (Å²) in [5.41, 5.74) is 0.737. The Morgan fingerprint density at radius 3 is 2.68 bits per heavy atom. The average molecular weight is 318 g/mol. The molecule has 0 fully saturated rings. The first-order valence-electron chi connectivity index (χ1n) is 6.43. The van der Waals surface area contributed by atoms with Crippen LogP contribution in [0.3, 0.4) is 0 Å². The van der Waals surface area contributed by atoms with Crippen LogP contribution in [0.25, 0.3) is 0 Å². The number of carbonyl (C=O) groups excluding carboxylic acids is 3. The van der Waals surface area contributed by atoms with E-state index >= 15 is 0 Å². The van der Waals surface area contributed by atoms with Gasteiger partial charge in [0.05, 0.1) is 10.4 Å². The molecule has 0 aliphatic rings. The Labute approximate surface area is 131 Å². The molecule has 0 aliphatic carbocycles. The molecule has 0 bridgehead atoms. The number of esters is 1. The zero-order chi connectivity index (χ0) is 15.9. The van der Waals surface area contributed by atoms with Crippen LogP contribution in [-0.2, 0) is 9.53 Å². The van der Waals surface area contributed by atoms with Crippen molar-refractivity contribution in [2.75, 3.05) is 19.0 Å². The maximum absolute atomic E-state index is 11.9. The van der Waals surface area contributed by atoms with Crippen molar-refractivity contribution in [3.05, 3.63) is 52.2 Å². The highest BCUT2D eigenvalue weighted by Gasteiger charge is 2.12. The van der Waals surface area contributed by atoms with Gasteiger partial charge in [-0.3, -0.25) is 9.59 Å². The maximum Gasteiger partial charge on any atom is 0.338 e. The summed E-state index contributed by atoms with van der Waals surface area (Å²) in [7, 11) is 1.46. The van der Waals surface area contributed by atoms with E-state index in [1.807, 2.05) is 5.38 Å². The molecule has 6 nitrogen and oxygen atoms in total. The molecular weight excluding hydrogens is 304 g/mol. The number of hydrogen-bond donors (Lipinski definition) is 2. The molecule has 114 valence electrons. The molecule has 1 aromatic heterocycles. The lowest BCUT2D eigenvalue weighted by Crippen LogP contribution is -2.25. The fourth-order valence-electron chi connectivity index (χ4n) is 1.61. The third kappa shape index (κ3) is 4.16. The number of nitrogens with one attached hydrogen (secondary N) is 2. The van der Waals surface area contributed by atoms with Gasteiger partial charge < -0.3 is 15.4 Å². The van der Waals surface area contributed by atoms with Crippen LogP contribution in [0.5, 0.6) is 0 Å². The fourth-order valence-corrected chi connectivity index (χ4v) is 2.23. The molecule has 2 N–H and O–H groups in total. The van der Waals surface area contributed by atoms with Crippen LogP contribution in [0.4, 0.5) is 5.69 Å². The van der Waals surface area contributed by atoms with Crippen molar-refractivity contribution in [1.82, 2.24) is 5.32 Å². The van der Waals surface area contributed by atoms with Gasteiger partial charge in [-0.1, -0.05) is 12.1 Å². The van der Waals surface area contributed by atoms with Crippen LogP contribution in [0.15, 0.2) is 41.8 Å². The number of hydrogen-bond acceptors (Lipinski definition) is 5. The standard InChI is InChI=1S/C15H14N2O4S/c1-16-13(18)9-21-15(20)10-4-2-5-11(8-10)17-14(19)12-6-3-7-22-12/h2-8H,9H2,1H3,(H,16,18)(H,17,19). The van der Waals surface area contributed by atoms with Crippen LogP contribution in [0, 0.1) is 0 Å². The van der Waals surface area contributed by atoms with Gasteiger partial charge in [-0.25, -0.2) is 4.79 Å². The van der Waals surface area contributed by atoms with Crippen LogP contribution >= 0.6 is 11.3 Å². The molecule has 0 radical (unpaired) electrons. The molecule has 0 unspecified atom stereocenters. The Morgan fingerprint density at radius 1 is 1.18 bits per heavy atom. The molecule has 1 aromatic carbocycles. The molecule has 0 spiro atoms. The second-order valence-corrected chi connectivity index (χ2v) is 5.21. The Balaban J connectivity index is 2.02. The minimum atomic E-state index is -0.629. The molecule has 0 saturated carbocycles. The second-order valence-electron chi connectivity index (χ2n) is 4.26. The molecule has 2 amide bonds. The van der Waals surface area contributed by atoms with E-state index in [0.717, 1.165) is 0 Å². The average Bonchev–Trinajstić information content (AvgIpc) is 3.07. The topological polar surface area (TPSA) is 84.5 Å². The number of anilines is 1. The monoisotopic (exact) mass is 318 g/mol. The summed E-state index contributed by atoms with van der Waals surface area (Å²) in [6.45, 7) is -0.346. The largest absolute Gasteiger partial charge is 0.452 e. The van der Waals surface area contributed by atoms with E-state index in [1.54, 1.807) is 30.3 Å². The van der Waals surface area contributed by atoms with E-state index in [2.05, 4.69) is 10.6 Å². The van der Waals surface area contributed by atoms with Crippen molar-refractivity contribution in [1.29, 1.82) is 0 Å². The highest BCUT2D eigenvalue weighted by Crippen LogP contribution is 2.15. The van der Waals surface area contributed by atoms with Crippen LogP contribution in [0.2, 0.25) is 0 Å². The summed E-state index contributed by atoms with van der Waals surface area (Å²) in [6, 6.07) is 9.83. The summed E-state index contributed by atoms with van der Waals surface area (Å²) < 4.78 is 4.85. The van der Waals surface area contributed by atoms with Gasteiger partial charge in [0.15, 0.2) is 6.61 Å². The van der Waals surface area contributed by atoms with Gasteiger partial charge in [0.1, 0.15) is 0 Å². The van der Waals surface area contributed by atoms with E-state index in [4.69, 9.17) is 4.74 Å². The highest BCUT2D eigenvalue weighted by atomic mass is 32.1. The van der Waals surface area contributed by atoms with E-state index in [1.165, 1.54) is 24.5 Å². The first-order chi connectivity index (χ1) is 10.6. The van der Waals surface area contributed by atoms with Crippen molar-refractivity contribution >= 4 is 34.8 Å². The number of carbonyl (C=O) groups is 3. The SMILES string of the molecule is CNC(=O)COC(=O)c1cccc(NC(=O)c2cccs2)c1. The number of likely N-dealkylation sites (N-methyl/N-ethyl adjacent to an activating group) is 1. The van der Waals surface area contributed by atoms with Crippen molar-refractivity contribution in [3.8, 4) is 0 Å². The highest BCUT2D eigenvalue weighted by molar-refractivity contribution is 7.12. The van der Waals surface area contributed by atoms with Gasteiger partial charge in [0, 0.05) is 12.7 Å². The molecular formula is C15H14N2O4S. The van der Waals surface area contributed by atoms with Crippen LogP contribution in [-0.4, -0.2) is 31.4 Å². The van der Waals surface area contributed by atoms with Crippen LogP contribution in [0.1, 0.15) is 20.0 Å². The van der Waals surface area contributed by atoms with Crippen molar-refractivity contribution in [2.45, 2.75) is 0 Å². The predicted molar refractivity (Wildman–Crippen MR) is 83.1 cm³/mol. The van der Waals surface area contributed by atoms with E-state index in [-0.39, 0.29) is 18.1 Å².